The molecule has 0 aliphatic carbocycles. The third-order valence-electron chi connectivity index (χ3n) is 2.65. The van der Waals surface area contributed by atoms with Crippen molar-refractivity contribution in [1.29, 1.82) is 0 Å². The van der Waals surface area contributed by atoms with Crippen LogP contribution in [0.1, 0.15) is 19.5 Å². The number of ether oxygens (including phenoxy) is 2. The maximum absolute atomic E-state index is 11.5. The fraction of sp³-hybridized carbons (Fsp3) is 0.333. The van der Waals surface area contributed by atoms with E-state index in [2.05, 4.69) is 5.10 Å². The Morgan fingerprint density at radius 3 is 2.60 bits per heavy atom. The van der Waals surface area contributed by atoms with Crippen molar-refractivity contribution in [3.8, 4) is 11.6 Å². The van der Waals surface area contributed by atoms with Gasteiger partial charge in [0.2, 0.25) is 5.88 Å². The molecule has 0 saturated heterocycles. The van der Waals surface area contributed by atoms with Crippen LogP contribution in [-0.4, -0.2) is 29.0 Å². The largest absolute Gasteiger partial charge is 0.478 e. The second-order valence-corrected chi connectivity index (χ2v) is 4.14. The quantitative estimate of drug-likeness (QED) is 0.759. The van der Waals surface area contributed by atoms with Gasteiger partial charge in [-0.15, -0.1) is 0 Å². The Bertz CT molecular complexity index is 564. The SMILES string of the molecule is CCOC(=O)Cc1cc(OCC)n(-c2ccccc2)n1. The molecule has 0 spiro atoms. The minimum absolute atomic E-state index is 0.147. The number of esters is 1. The Morgan fingerprint density at radius 1 is 1.20 bits per heavy atom. The summed E-state index contributed by atoms with van der Waals surface area (Å²) in [4.78, 5) is 11.5. The second-order valence-electron chi connectivity index (χ2n) is 4.14. The summed E-state index contributed by atoms with van der Waals surface area (Å²) in [6.07, 6.45) is 0.147. The molecule has 0 amide bonds. The molecule has 2 aromatic rings. The summed E-state index contributed by atoms with van der Waals surface area (Å²) in [6.45, 7) is 4.60. The maximum atomic E-state index is 11.5. The molecule has 0 saturated carbocycles. The van der Waals surface area contributed by atoms with Gasteiger partial charge in [0.25, 0.3) is 0 Å². The van der Waals surface area contributed by atoms with Crippen LogP contribution in [0.4, 0.5) is 0 Å². The third kappa shape index (κ3) is 3.38. The van der Waals surface area contributed by atoms with Gasteiger partial charge in [-0.25, -0.2) is 4.68 Å². The Kier molecular flexibility index (Phi) is 4.76. The molecule has 5 heteroatoms. The zero-order chi connectivity index (χ0) is 14.4. The highest BCUT2D eigenvalue weighted by molar-refractivity contribution is 5.72. The Labute approximate surface area is 118 Å². The van der Waals surface area contributed by atoms with Gasteiger partial charge in [0.05, 0.1) is 31.0 Å². The Morgan fingerprint density at radius 2 is 1.95 bits per heavy atom. The van der Waals surface area contributed by atoms with E-state index >= 15 is 0 Å². The number of aromatic nitrogens is 2. The molecule has 1 aromatic carbocycles. The van der Waals surface area contributed by atoms with E-state index in [1.54, 1.807) is 17.7 Å². The maximum Gasteiger partial charge on any atom is 0.311 e. The fourth-order valence-corrected chi connectivity index (χ4v) is 1.86. The van der Waals surface area contributed by atoms with Crippen molar-refractivity contribution >= 4 is 5.97 Å². The van der Waals surface area contributed by atoms with E-state index in [0.29, 0.717) is 24.8 Å². The number of hydrogen-bond donors (Lipinski definition) is 0. The number of carbonyl (C=O) groups is 1. The molecule has 0 radical (unpaired) electrons. The van der Waals surface area contributed by atoms with Crippen molar-refractivity contribution in [3.63, 3.8) is 0 Å². The normalized spacial score (nSPS) is 10.3. The van der Waals surface area contributed by atoms with Gasteiger partial charge in [-0.1, -0.05) is 18.2 Å². The molecule has 0 unspecified atom stereocenters. The first kappa shape index (κ1) is 14.1. The lowest BCUT2D eigenvalue weighted by molar-refractivity contribution is -0.142. The predicted molar refractivity (Wildman–Crippen MR) is 75.1 cm³/mol. The first-order valence-corrected chi connectivity index (χ1v) is 6.67. The zero-order valence-electron chi connectivity index (χ0n) is 11.7. The number of hydrogen-bond acceptors (Lipinski definition) is 4. The number of para-hydroxylation sites is 1. The predicted octanol–water partition coefficient (Wildman–Crippen LogP) is 2.38. The van der Waals surface area contributed by atoms with Crippen molar-refractivity contribution in [2.75, 3.05) is 13.2 Å². The third-order valence-corrected chi connectivity index (χ3v) is 2.65. The molecule has 5 nitrogen and oxygen atoms in total. The average Bonchev–Trinajstić information content (AvgIpc) is 2.83. The average molecular weight is 274 g/mol. The summed E-state index contributed by atoms with van der Waals surface area (Å²) < 4.78 is 12.2. The summed E-state index contributed by atoms with van der Waals surface area (Å²) in [7, 11) is 0. The molecule has 0 N–H and O–H groups in total. The highest BCUT2D eigenvalue weighted by Crippen LogP contribution is 2.20. The Hall–Kier alpha value is -2.30. The standard InChI is InChI=1S/C15H18N2O3/c1-3-19-14-10-12(11-15(18)20-4-2)16-17(14)13-8-6-5-7-9-13/h5-10H,3-4,11H2,1-2H3. The molecular weight excluding hydrogens is 256 g/mol. The van der Waals surface area contributed by atoms with Crippen molar-refractivity contribution in [3.05, 3.63) is 42.1 Å². The van der Waals surface area contributed by atoms with Crippen molar-refractivity contribution in [2.24, 2.45) is 0 Å². The van der Waals surface area contributed by atoms with Gasteiger partial charge in [0.15, 0.2) is 0 Å². The molecule has 0 aliphatic rings. The van der Waals surface area contributed by atoms with Crippen LogP contribution in [0.25, 0.3) is 5.69 Å². The summed E-state index contributed by atoms with van der Waals surface area (Å²) in [5.41, 5.74) is 1.53. The van der Waals surface area contributed by atoms with Gasteiger partial charge < -0.3 is 9.47 Å². The first-order chi connectivity index (χ1) is 9.74. The minimum Gasteiger partial charge on any atom is -0.478 e. The van der Waals surface area contributed by atoms with E-state index in [-0.39, 0.29) is 12.4 Å². The topological polar surface area (TPSA) is 53.4 Å². The van der Waals surface area contributed by atoms with Gasteiger partial charge in [-0.3, -0.25) is 4.79 Å². The number of carbonyl (C=O) groups excluding carboxylic acids is 1. The van der Waals surface area contributed by atoms with Crippen molar-refractivity contribution in [2.45, 2.75) is 20.3 Å². The lowest BCUT2D eigenvalue weighted by atomic mass is 10.3. The number of rotatable bonds is 6. The van der Waals surface area contributed by atoms with Crippen molar-refractivity contribution < 1.29 is 14.3 Å². The van der Waals surface area contributed by atoms with E-state index in [4.69, 9.17) is 9.47 Å². The van der Waals surface area contributed by atoms with Gasteiger partial charge in [0.1, 0.15) is 0 Å². The molecule has 0 aliphatic heterocycles. The molecule has 1 aromatic heterocycles. The van der Waals surface area contributed by atoms with Crippen LogP contribution in [0, 0.1) is 0 Å². The fourth-order valence-electron chi connectivity index (χ4n) is 1.86. The van der Waals surface area contributed by atoms with Gasteiger partial charge in [0, 0.05) is 6.07 Å². The molecule has 0 atom stereocenters. The smallest absolute Gasteiger partial charge is 0.311 e. The second kappa shape index (κ2) is 6.75. The monoisotopic (exact) mass is 274 g/mol. The zero-order valence-corrected chi connectivity index (χ0v) is 11.7. The van der Waals surface area contributed by atoms with E-state index < -0.39 is 0 Å². The van der Waals surface area contributed by atoms with Crippen LogP contribution in [0.5, 0.6) is 5.88 Å². The molecule has 106 valence electrons. The van der Waals surface area contributed by atoms with Crippen molar-refractivity contribution in [1.82, 2.24) is 9.78 Å². The van der Waals surface area contributed by atoms with Crippen LogP contribution < -0.4 is 4.74 Å². The first-order valence-electron chi connectivity index (χ1n) is 6.67. The van der Waals surface area contributed by atoms with Gasteiger partial charge in [-0.05, 0) is 26.0 Å². The number of nitrogens with zero attached hydrogens (tertiary/aromatic N) is 2. The lowest BCUT2D eigenvalue weighted by Gasteiger charge is -2.06. The summed E-state index contributed by atoms with van der Waals surface area (Å²) in [5, 5.41) is 4.41. The van der Waals surface area contributed by atoms with E-state index in [0.717, 1.165) is 5.69 Å². The lowest BCUT2D eigenvalue weighted by Crippen LogP contribution is -2.08. The van der Waals surface area contributed by atoms with Crippen LogP contribution in [-0.2, 0) is 16.0 Å². The van der Waals surface area contributed by atoms with E-state index in [1.807, 2.05) is 37.3 Å². The molecule has 0 fully saturated rings. The molecule has 2 rings (SSSR count). The van der Waals surface area contributed by atoms with Crippen LogP contribution in [0.3, 0.4) is 0 Å². The molecule has 1 heterocycles. The highest BCUT2D eigenvalue weighted by Gasteiger charge is 2.13. The van der Waals surface area contributed by atoms with Crippen LogP contribution >= 0.6 is 0 Å². The summed E-state index contributed by atoms with van der Waals surface area (Å²) in [5.74, 6) is 0.339. The summed E-state index contributed by atoms with van der Waals surface area (Å²) >= 11 is 0. The van der Waals surface area contributed by atoms with E-state index in [1.165, 1.54) is 0 Å². The number of benzene rings is 1. The summed E-state index contributed by atoms with van der Waals surface area (Å²) in [6, 6.07) is 11.4. The molecular formula is C15H18N2O3. The Balaban J connectivity index is 2.26. The molecule has 20 heavy (non-hydrogen) atoms. The van der Waals surface area contributed by atoms with Crippen LogP contribution in [0.2, 0.25) is 0 Å². The highest BCUT2D eigenvalue weighted by atomic mass is 16.5. The van der Waals surface area contributed by atoms with Crippen LogP contribution in [0.15, 0.2) is 36.4 Å². The minimum atomic E-state index is -0.284. The van der Waals surface area contributed by atoms with E-state index in [9.17, 15) is 4.79 Å². The van der Waals surface area contributed by atoms with Gasteiger partial charge >= 0.3 is 5.97 Å². The molecule has 0 bridgehead atoms. The van der Waals surface area contributed by atoms with Gasteiger partial charge in [-0.2, -0.15) is 5.10 Å².